The highest BCUT2D eigenvalue weighted by Gasteiger charge is 2.29. The van der Waals surface area contributed by atoms with E-state index < -0.39 is 5.97 Å². The van der Waals surface area contributed by atoms with E-state index in [2.05, 4.69) is 15.5 Å². The minimum Gasteiger partial charge on any atom is -0.465 e. The maximum atomic E-state index is 12.9. The highest BCUT2D eigenvalue weighted by molar-refractivity contribution is 7.21. The van der Waals surface area contributed by atoms with Crippen LogP contribution in [0.1, 0.15) is 27.4 Å². The molecule has 166 valence electrons. The average molecular weight is 461 g/mol. The fourth-order valence-corrected chi connectivity index (χ4v) is 4.73. The van der Waals surface area contributed by atoms with Crippen molar-refractivity contribution in [1.82, 2.24) is 10.1 Å². The Kier molecular flexibility index (Phi) is 5.18. The predicted molar refractivity (Wildman–Crippen MR) is 124 cm³/mol. The first-order valence-corrected chi connectivity index (χ1v) is 11.0. The lowest BCUT2D eigenvalue weighted by Crippen LogP contribution is -2.15. The largest absolute Gasteiger partial charge is 0.465 e. The molecule has 0 saturated heterocycles. The third-order valence-electron chi connectivity index (χ3n) is 5.26. The quantitative estimate of drug-likeness (QED) is 0.355. The van der Waals surface area contributed by atoms with Gasteiger partial charge in [-0.05, 0) is 38.1 Å². The van der Waals surface area contributed by atoms with E-state index in [1.54, 1.807) is 6.92 Å². The van der Waals surface area contributed by atoms with Crippen LogP contribution in [0.3, 0.4) is 0 Å². The Balaban J connectivity index is 1.53. The fraction of sp³-hybridized carbons (Fsp3) is 0.167. The Hall–Kier alpha value is -3.98. The number of ether oxygens (including phenoxy) is 1. The van der Waals surface area contributed by atoms with Gasteiger partial charge in [0.1, 0.15) is 22.0 Å². The Labute approximate surface area is 192 Å². The van der Waals surface area contributed by atoms with Crippen LogP contribution in [0.2, 0.25) is 0 Å². The number of hydrogen-bond acceptors (Lipinski definition) is 8. The first kappa shape index (κ1) is 20.9. The smallest absolute Gasteiger partial charge is 0.342 e. The van der Waals surface area contributed by atoms with Gasteiger partial charge in [0.15, 0.2) is 5.58 Å². The predicted octanol–water partition coefficient (Wildman–Crippen LogP) is 5.28. The third kappa shape index (κ3) is 3.76. The summed E-state index contributed by atoms with van der Waals surface area (Å²) in [7, 11) is 1.30. The van der Waals surface area contributed by atoms with Crippen LogP contribution in [-0.2, 0) is 16.0 Å². The number of benzene rings is 2. The molecule has 9 heteroatoms. The molecule has 0 fully saturated rings. The van der Waals surface area contributed by atoms with E-state index in [0.717, 1.165) is 21.2 Å². The van der Waals surface area contributed by atoms with E-state index in [-0.39, 0.29) is 23.8 Å². The van der Waals surface area contributed by atoms with Crippen molar-refractivity contribution in [1.29, 1.82) is 0 Å². The number of esters is 1. The molecule has 8 nitrogen and oxygen atoms in total. The summed E-state index contributed by atoms with van der Waals surface area (Å²) >= 11 is 1.40. The van der Waals surface area contributed by atoms with Gasteiger partial charge < -0.3 is 13.7 Å². The van der Waals surface area contributed by atoms with Gasteiger partial charge in [-0.1, -0.05) is 28.9 Å². The Morgan fingerprint density at radius 2 is 1.97 bits per heavy atom. The van der Waals surface area contributed by atoms with E-state index in [9.17, 15) is 9.59 Å². The summed E-state index contributed by atoms with van der Waals surface area (Å²) < 4.78 is 17.0. The lowest BCUT2D eigenvalue weighted by Gasteiger charge is -2.04. The molecular formula is C24H19N3O5S. The van der Waals surface area contributed by atoms with Crippen LogP contribution in [0, 0.1) is 13.8 Å². The summed E-state index contributed by atoms with van der Waals surface area (Å²) in [6.07, 6.45) is -0.0248. The highest BCUT2D eigenvalue weighted by atomic mass is 32.1. The van der Waals surface area contributed by atoms with E-state index in [1.807, 2.05) is 49.4 Å². The van der Waals surface area contributed by atoms with Crippen molar-refractivity contribution in [2.75, 3.05) is 12.4 Å². The van der Waals surface area contributed by atoms with Crippen LogP contribution >= 0.6 is 11.3 Å². The summed E-state index contributed by atoms with van der Waals surface area (Å²) in [5, 5.41) is 8.15. The number of carbonyl (C=O) groups excluding carboxylic acids is 2. The first-order valence-electron chi connectivity index (χ1n) is 10.2. The zero-order valence-corrected chi connectivity index (χ0v) is 18.9. The number of amides is 1. The molecule has 0 unspecified atom stereocenters. The zero-order valence-electron chi connectivity index (χ0n) is 18.1. The number of carbonyl (C=O) groups is 2. The van der Waals surface area contributed by atoms with E-state index in [0.29, 0.717) is 27.6 Å². The van der Waals surface area contributed by atoms with Gasteiger partial charge in [-0.25, -0.2) is 9.78 Å². The summed E-state index contributed by atoms with van der Waals surface area (Å²) in [6, 6.07) is 13.3. The van der Waals surface area contributed by atoms with Crippen LogP contribution in [0.4, 0.5) is 5.88 Å². The monoisotopic (exact) mass is 461 g/mol. The molecule has 2 aromatic carbocycles. The Morgan fingerprint density at radius 1 is 1.15 bits per heavy atom. The van der Waals surface area contributed by atoms with Gasteiger partial charge in [0.25, 0.3) is 0 Å². The molecule has 5 rings (SSSR count). The molecule has 5 aromatic rings. The van der Waals surface area contributed by atoms with Gasteiger partial charge in [0, 0.05) is 5.39 Å². The second kappa shape index (κ2) is 8.18. The van der Waals surface area contributed by atoms with Crippen molar-refractivity contribution in [3.8, 4) is 10.6 Å². The molecule has 0 spiro atoms. The van der Waals surface area contributed by atoms with Crippen molar-refractivity contribution >= 4 is 50.3 Å². The molecule has 33 heavy (non-hydrogen) atoms. The molecule has 0 aliphatic carbocycles. The van der Waals surface area contributed by atoms with Gasteiger partial charge in [-0.2, -0.15) is 0 Å². The summed E-state index contributed by atoms with van der Waals surface area (Å²) in [5.41, 5.74) is 3.58. The number of fused-ring (bicyclic) bond motifs is 2. The van der Waals surface area contributed by atoms with Crippen molar-refractivity contribution < 1.29 is 23.3 Å². The molecule has 0 bridgehead atoms. The first-order chi connectivity index (χ1) is 15.9. The van der Waals surface area contributed by atoms with Gasteiger partial charge in [0.05, 0.1) is 29.3 Å². The van der Waals surface area contributed by atoms with Gasteiger partial charge in [0.2, 0.25) is 11.8 Å². The Morgan fingerprint density at radius 3 is 2.76 bits per heavy atom. The highest BCUT2D eigenvalue weighted by Crippen LogP contribution is 2.40. The zero-order chi connectivity index (χ0) is 23.1. The fourth-order valence-electron chi connectivity index (χ4n) is 3.72. The summed E-state index contributed by atoms with van der Waals surface area (Å²) in [6.45, 7) is 3.60. The molecule has 0 saturated carbocycles. The molecular weight excluding hydrogens is 442 g/mol. The summed E-state index contributed by atoms with van der Waals surface area (Å²) in [4.78, 5) is 30.1. The Bertz CT molecular complexity index is 1490. The maximum absolute atomic E-state index is 12.9. The van der Waals surface area contributed by atoms with Gasteiger partial charge in [-0.3, -0.25) is 10.1 Å². The summed E-state index contributed by atoms with van der Waals surface area (Å²) in [5.74, 6) is -0.460. The number of nitrogens with one attached hydrogen (secondary N) is 1. The van der Waals surface area contributed by atoms with Crippen molar-refractivity contribution in [3.05, 3.63) is 65.0 Å². The van der Waals surface area contributed by atoms with Crippen LogP contribution < -0.4 is 5.32 Å². The second-order valence-corrected chi connectivity index (χ2v) is 8.60. The minimum absolute atomic E-state index is 0.0248. The lowest BCUT2D eigenvalue weighted by atomic mass is 10.1. The number of aromatic nitrogens is 2. The van der Waals surface area contributed by atoms with Gasteiger partial charge in [-0.15, -0.1) is 11.3 Å². The third-order valence-corrected chi connectivity index (χ3v) is 6.32. The number of thiazole rings is 1. The molecule has 3 aromatic heterocycles. The molecule has 3 heterocycles. The van der Waals surface area contributed by atoms with Crippen LogP contribution in [0.15, 0.2) is 51.4 Å². The van der Waals surface area contributed by atoms with Crippen molar-refractivity contribution in [3.63, 3.8) is 0 Å². The number of aryl methyl sites for hydroxylation is 2. The molecule has 1 amide bonds. The number of nitrogens with zero attached hydrogens (tertiary/aromatic N) is 2. The van der Waals surface area contributed by atoms with Crippen LogP contribution in [0.25, 0.3) is 31.8 Å². The van der Waals surface area contributed by atoms with Crippen molar-refractivity contribution in [2.45, 2.75) is 20.3 Å². The second-order valence-electron chi connectivity index (χ2n) is 7.57. The SMILES string of the molecule is COC(=O)c1c(C)oc(NC(=O)Cc2noc3ccc(C)cc23)c1-c1nc2ccccc2s1. The standard InChI is InChI=1S/C24H19N3O5S/c1-12-8-9-17-14(10-12)16(27-32-17)11-19(28)26-22-21(20(13(2)31-22)24(29)30-3)23-25-15-6-4-5-7-18(15)33-23/h4-10H,11H2,1-3H3,(H,26,28). The normalized spacial score (nSPS) is 11.2. The molecule has 0 atom stereocenters. The van der Waals surface area contributed by atoms with Crippen molar-refractivity contribution in [2.24, 2.45) is 0 Å². The van der Waals surface area contributed by atoms with E-state index >= 15 is 0 Å². The minimum atomic E-state index is -0.566. The van der Waals surface area contributed by atoms with Gasteiger partial charge >= 0.3 is 5.97 Å². The molecule has 0 aliphatic rings. The van der Waals surface area contributed by atoms with Crippen LogP contribution in [0.5, 0.6) is 0 Å². The van der Waals surface area contributed by atoms with Crippen LogP contribution in [-0.4, -0.2) is 29.1 Å². The number of furan rings is 1. The molecule has 0 radical (unpaired) electrons. The topological polar surface area (TPSA) is 107 Å². The number of hydrogen-bond donors (Lipinski definition) is 1. The number of anilines is 1. The maximum Gasteiger partial charge on any atom is 0.342 e. The molecule has 1 N–H and O–H groups in total. The van der Waals surface area contributed by atoms with E-state index in [1.165, 1.54) is 18.4 Å². The number of rotatable bonds is 5. The van der Waals surface area contributed by atoms with E-state index in [4.69, 9.17) is 13.7 Å². The molecule has 0 aliphatic heterocycles. The average Bonchev–Trinajstić information content (AvgIpc) is 3.48. The lowest BCUT2D eigenvalue weighted by molar-refractivity contribution is -0.115. The number of para-hydroxylation sites is 1. The number of methoxy groups -OCH3 is 1.